The highest BCUT2D eigenvalue weighted by molar-refractivity contribution is 9.10. The molecule has 1 aliphatic heterocycles. The van der Waals surface area contributed by atoms with Crippen molar-refractivity contribution >= 4 is 38.9 Å². The van der Waals surface area contributed by atoms with Gasteiger partial charge < -0.3 is 9.29 Å². The maximum atomic E-state index is 14.3. The maximum Gasteiger partial charge on any atom is 0.158 e. The molecular weight excluding hydrogens is 489 g/mol. The van der Waals surface area contributed by atoms with Crippen LogP contribution in [0.1, 0.15) is 45.2 Å². The zero-order valence-electron chi connectivity index (χ0n) is 17.5. The molecule has 0 fully saturated rings. The number of benzene rings is 2. The Kier molecular flexibility index (Phi) is 6.95. The maximum absolute atomic E-state index is 14.3. The van der Waals surface area contributed by atoms with Crippen LogP contribution in [0.3, 0.4) is 0 Å². The van der Waals surface area contributed by atoms with Gasteiger partial charge in [-0.2, -0.15) is 0 Å². The fourth-order valence-electron chi connectivity index (χ4n) is 3.59. The molecule has 0 radical (unpaired) electrons. The Hall–Kier alpha value is -1.05. The normalized spacial score (nSPS) is 20.4. The van der Waals surface area contributed by atoms with Gasteiger partial charge in [0.25, 0.3) is 0 Å². The summed E-state index contributed by atoms with van der Waals surface area (Å²) in [6.45, 7) is 11.8. The van der Waals surface area contributed by atoms with E-state index in [-0.39, 0.29) is 11.1 Å². The van der Waals surface area contributed by atoms with Crippen molar-refractivity contribution < 1.29 is 13.7 Å². The van der Waals surface area contributed by atoms with E-state index in [9.17, 15) is 8.94 Å². The predicted molar refractivity (Wildman–Crippen MR) is 126 cm³/mol. The summed E-state index contributed by atoms with van der Waals surface area (Å²) in [5, 5.41) is 0.0314. The van der Waals surface area contributed by atoms with E-state index in [1.165, 1.54) is 6.07 Å². The molecule has 0 aliphatic carbocycles. The fourth-order valence-corrected chi connectivity index (χ4v) is 5.17. The molecule has 0 bridgehead atoms. The zero-order valence-corrected chi connectivity index (χ0v) is 20.7. The van der Waals surface area contributed by atoms with E-state index < -0.39 is 27.5 Å². The van der Waals surface area contributed by atoms with Crippen LogP contribution in [0.4, 0.5) is 4.39 Å². The summed E-state index contributed by atoms with van der Waals surface area (Å²) in [5.74, 6) is -0.114. The second kappa shape index (κ2) is 8.83. The summed E-state index contributed by atoms with van der Waals surface area (Å²) in [5.41, 5.74) is 1.73. The summed E-state index contributed by atoms with van der Waals surface area (Å²) in [6.07, 6.45) is 0.984. The number of fused-ring (bicyclic) bond motifs is 1. The predicted octanol–water partition coefficient (Wildman–Crippen LogP) is 6.46. The lowest BCUT2D eigenvalue weighted by Crippen LogP contribution is -2.56. The third kappa shape index (κ3) is 4.58. The largest absolute Gasteiger partial charge is 0.598 e. The molecule has 1 aliphatic rings. The highest BCUT2D eigenvalue weighted by Gasteiger charge is 2.51. The second-order valence-corrected chi connectivity index (χ2v) is 11.9. The highest BCUT2D eigenvalue weighted by atomic mass is 79.9. The molecule has 2 aromatic carbocycles. The van der Waals surface area contributed by atoms with Crippen molar-refractivity contribution in [3.8, 4) is 5.75 Å². The number of nitrogens with one attached hydrogen (secondary N) is 1. The number of halogens is 3. The van der Waals surface area contributed by atoms with Gasteiger partial charge in [-0.25, -0.2) is 4.39 Å². The first kappa shape index (κ1) is 23.6. The zero-order chi connectivity index (χ0) is 22.3. The third-order valence-corrected chi connectivity index (χ3v) is 8.22. The molecule has 3 rings (SSSR count). The van der Waals surface area contributed by atoms with Crippen molar-refractivity contribution in [3.05, 3.63) is 75.0 Å². The van der Waals surface area contributed by atoms with Gasteiger partial charge in [-0.3, -0.25) is 0 Å². The van der Waals surface area contributed by atoms with Crippen LogP contribution in [0.5, 0.6) is 5.75 Å². The van der Waals surface area contributed by atoms with Gasteiger partial charge in [-0.05, 0) is 55.6 Å². The van der Waals surface area contributed by atoms with E-state index in [1.54, 1.807) is 0 Å². The molecule has 0 amide bonds. The van der Waals surface area contributed by atoms with Gasteiger partial charge >= 0.3 is 0 Å². The summed E-state index contributed by atoms with van der Waals surface area (Å²) in [7, 11) is 0. The average molecular weight is 515 g/mol. The van der Waals surface area contributed by atoms with Crippen LogP contribution in [0.25, 0.3) is 0 Å². The van der Waals surface area contributed by atoms with Crippen molar-refractivity contribution in [1.82, 2.24) is 4.72 Å². The van der Waals surface area contributed by atoms with Gasteiger partial charge in [0.05, 0.1) is 5.02 Å². The molecule has 0 saturated heterocycles. The van der Waals surface area contributed by atoms with E-state index in [1.807, 2.05) is 58.0 Å². The Morgan fingerprint density at radius 2 is 2.03 bits per heavy atom. The van der Waals surface area contributed by atoms with Gasteiger partial charge in [-0.15, -0.1) is 11.3 Å². The van der Waals surface area contributed by atoms with E-state index in [0.717, 1.165) is 16.7 Å². The van der Waals surface area contributed by atoms with Crippen molar-refractivity contribution in [2.24, 2.45) is 0 Å². The lowest BCUT2D eigenvalue weighted by atomic mass is 9.80. The first-order chi connectivity index (χ1) is 14.0. The average Bonchev–Trinajstić information content (AvgIpc) is 3.06. The van der Waals surface area contributed by atoms with Crippen LogP contribution < -0.4 is 9.46 Å². The third-order valence-electron chi connectivity index (χ3n) is 5.14. The monoisotopic (exact) mass is 513 g/mol. The number of hydrogen-bond acceptors (Lipinski definition) is 3. The van der Waals surface area contributed by atoms with E-state index >= 15 is 0 Å². The summed E-state index contributed by atoms with van der Waals surface area (Å²) in [6, 6.07) is 10.7. The summed E-state index contributed by atoms with van der Waals surface area (Å²) < 4.78 is 37.2. The van der Waals surface area contributed by atoms with Crippen LogP contribution in [0, 0.1) is 5.82 Å². The highest BCUT2D eigenvalue weighted by Crippen LogP contribution is 2.49. The summed E-state index contributed by atoms with van der Waals surface area (Å²) in [4.78, 5) is 0. The first-order valence-corrected chi connectivity index (χ1v) is 12.0. The molecule has 2 aromatic rings. The van der Waals surface area contributed by atoms with Crippen LogP contribution in [0.15, 0.2) is 53.0 Å². The minimum atomic E-state index is -1.34. The van der Waals surface area contributed by atoms with Gasteiger partial charge in [0, 0.05) is 33.9 Å². The Morgan fingerprint density at radius 1 is 1.40 bits per heavy atom. The fraction of sp³-hybridized carbons (Fsp3) is 0.391. The topological polar surface area (TPSA) is 44.3 Å². The van der Waals surface area contributed by atoms with Crippen LogP contribution in [-0.4, -0.2) is 15.3 Å². The molecule has 0 saturated carbocycles. The van der Waals surface area contributed by atoms with Crippen molar-refractivity contribution in [3.63, 3.8) is 0 Å². The first-order valence-electron chi connectivity index (χ1n) is 9.69. The molecule has 7 heteroatoms. The molecule has 1 heterocycles. The summed E-state index contributed by atoms with van der Waals surface area (Å²) >= 11 is 8.25. The van der Waals surface area contributed by atoms with E-state index in [4.69, 9.17) is 16.3 Å². The lowest BCUT2D eigenvalue weighted by molar-refractivity contribution is 0.0550. The number of rotatable bonds is 6. The van der Waals surface area contributed by atoms with E-state index in [2.05, 4.69) is 27.2 Å². The van der Waals surface area contributed by atoms with Crippen molar-refractivity contribution in [2.45, 2.75) is 56.9 Å². The minimum Gasteiger partial charge on any atom is -0.598 e. The lowest BCUT2D eigenvalue weighted by Gasteiger charge is -2.39. The molecule has 3 unspecified atom stereocenters. The minimum absolute atomic E-state index is 0.0314. The Bertz CT molecular complexity index is 950. The second-order valence-electron chi connectivity index (χ2n) is 8.71. The van der Waals surface area contributed by atoms with Gasteiger partial charge in [0.2, 0.25) is 0 Å². The Labute approximate surface area is 194 Å². The quantitative estimate of drug-likeness (QED) is 0.273. The van der Waals surface area contributed by atoms with E-state index in [0.29, 0.717) is 23.1 Å². The number of ether oxygens (including phenoxy) is 1. The number of hydrogen-bond donors (Lipinski definition) is 1. The van der Waals surface area contributed by atoms with Crippen LogP contribution in [0.2, 0.25) is 5.02 Å². The standard InChI is InChI=1S/C23H26BrClFNO2S/c1-14(2)11-19(27-30(28)22(3,4)5)23(15-9-7-6-8-10-15)13-16-18(29-23)12-17(26)21(25)20(16)24/h6-10,12,19,27H,1,11,13H2,2-5H3. The molecule has 0 aromatic heterocycles. The molecule has 30 heavy (non-hydrogen) atoms. The molecule has 1 N–H and O–H groups in total. The molecule has 162 valence electrons. The van der Waals surface area contributed by atoms with Gasteiger partial charge in [0.15, 0.2) is 5.60 Å². The SMILES string of the molecule is C=C(C)CC(N[S+]([O-])C(C)(C)C)C1(c2ccccc2)Cc2c(cc(F)c(Cl)c2Br)O1. The molecular formula is C23H26BrClFNO2S. The smallest absolute Gasteiger partial charge is 0.158 e. The van der Waals surface area contributed by atoms with Crippen LogP contribution >= 0.6 is 27.5 Å². The van der Waals surface area contributed by atoms with Crippen molar-refractivity contribution in [2.75, 3.05) is 0 Å². The Balaban J connectivity index is 2.15. The van der Waals surface area contributed by atoms with Gasteiger partial charge in [-0.1, -0.05) is 47.5 Å². The van der Waals surface area contributed by atoms with Crippen molar-refractivity contribution in [1.29, 1.82) is 0 Å². The van der Waals surface area contributed by atoms with Gasteiger partial charge in [0.1, 0.15) is 22.4 Å². The molecule has 3 atom stereocenters. The van der Waals surface area contributed by atoms with Crippen LogP contribution in [-0.2, 0) is 23.4 Å². The Morgan fingerprint density at radius 3 is 2.60 bits per heavy atom. The molecule has 0 spiro atoms. The molecule has 3 nitrogen and oxygen atoms in total.